The fourth-order valence-electron chi connectivity index (χ4n) is 2.65. The lowest BCUT2D eigenvalue weighted by molar-refractivity contribution is 0.196. The number of nitrogens with zero attached hydrogens (tertiary/aromatic N) is 2. The van der Waals surface area contributed by atoms with E-state index >= 15 is 0 Å². The molecule has 6 heteroatoms. The highest BCUT2D eigenvalue weighted by atomic mass is 32.2. The van der Waals surface area contributed by atoms with Crippen molar-refractivity contribution in [2.45, 2.75) is 30.7 Å². The Hall–Kier alpha value is -1.11. The Morgan fingerprint density at radius 2 is 1.85 bits per heavy atom. The second kappa shape index (κ2) is 5.71. The van der Waals surface area contributed by atoms with E-state index in [0.29, 0.717) is 35.3 Å². The van der Waals surface area contributed by atoms with E-state index in [0.717, 1.165) is 12.8 Å². The van der Waals surface area contributed by atoms with E-state index in [4.69, 9.17) is 5.73 Å². The summed E-state index contributed by atoms with van der Waals surface area (Å²) >= 11 is 0. The van der Waals surface area contributed by atoms with Gasteiger partial charge in [-0.1, -0.05) is 6.07 Å². The normalized spacial score (nSPS) is 18.6. The summed E-state index contributed by atoms with van der Waals surface area (Å²) in [5.74, 6) is 0. The van der Waals surface area contributed by atoms with Gasteiger partial charge in [0.05, 0.1) is 4.90 Å². The number of hydrogen-bond acceptors (Lipinski definition) is 4. The maximum absolute atomic E-state index is 12.7. The Bertz CT molecular complexity index is 576. The van der Waals surface area contributed by atoms with Crippen LogP contribution in [-0.4, -0.2) is 50.8 Å². The number of benzene rings is 1. The minimum absolute atomic E-state index is 0.334. The topological polar surface area (TPSA) is 66.6 Å². The Morgan fingerprint density at radius 3 is 2.40 bits per heavy atom. The van der Waals surface area contributed by atoms with Gasteiger partial charge in [0.15, 0.2) is 0 Å². The Balaban J connectivity index is 2.22. The molecule has 5 nitrogen and oxygen atoms in total. The van der Waals surface area contributed by atoms with E-state index in [-0.39, 0.29) is 0 Å². The highest BCUT2D eigenvalue weighted by Gasteiger charge is 2.31. The number of piperidine rings is 1. The van der Waals surface area contributed by atoms with Gasteiger partial charge in [0.2, 0.25) is 10.0 Å². The summed E-state index contributed by atoms with van der Waals surface area (Å²) in [6.07, 6.45) is 1.74. The third-order valence-corrected chi connectivity index (χ3v) is 6.14. The molecule has 0 unspecified atom stereocenters. The minimum atomic E-state index is -3.43. The van der Waals surface area contributed by atoms with Gasteiger partial charge in [-0.3, -0.25) is 0 Å². The molecule has 1 aromatic carbocycles. The third kappa shape index (κ3) is 2.82. The van der Waals surface area contributed by atoms with Crippen molar-refractivity contribution in [3.63, 3.8) is 0 Å². The summed E-state index contributed by atoms with van der Waals surface area (Å²) in [6.45, 7) is 2.90. The Kier molecular flexibility index (Phi) is 4.36. The van der Waals surface area contributed by atoms with E-state index < -0.39 is 10.0 Å². The molecule has 1 heterocycles. The zero-order valence-electron chi connectivity index (χ0n) is 12.3. The van der Waals surface area contributed by atoms with Crippen LogP contribution in [0.1, 0.15) is 18.4 Å². The monoisotopic (exact) mass is 297 g/mol. The highest BCUT2D eigenvalue weighted by Crippen LogP contribution is 2.26. The molecule has 20 heavy (non-hydrogen) atoms. The molecular formula is C14H23N3O2S. The first-order valence-corrected chi connectivity index (χ1v) is 8.29. The van der Waals surface area contributed by atoms with Gasteiger partial charge in [-0.05, 0) is 51.6 Å². The smallest absolute Gasteiger partial charge is 0.243 e. The Labute approximate surface area is 121 Å². The first-order chi connectivity index (χ1) is 9.34. The lowest BCUT2D eigenvalue weighted by Gasteiger charge is -2.34. The molecule has 2 rings (SSSR count). The summed E-state index contributed by atoms with van der Waals surface area (Å²) in [4.78, 5) is 2.50. The predicted octanol–water partition coefficient (Wildman–Crippen LogP) is 1.29. The van der Waals surface area contributed by atoms with Crippen LogP contribution in [-0.2, 0) is 10.0 Å². The number of hydrogen-bond donors (Lipinski definition) is 1. The first kappa shape index (κ1) is 15.3. The van der Waals surface area contributed by atoms with Crippen LogP contribution in [0.2, 0.25) is 0 Å². The van der Waals surface area contributed by atoms with Gasteiger partial charge >= 0.3 is 0 Å². The number of sulfonamides is 1. The summed E-state index contributed by atoms with van der Waals surface area (Å²) in [7, 11) is 0.648. The lowest BCUT2D eigenvalue weighted by atomic mass is 10.1. The van der Waals surface area contributed by atoms with E-state index in [9.17, 15) is 8.42 Å². The van der Waals surface area contributed by atoms with Gasteiger partial charge < -0.3 is 10.6 Å². The van der Waals surface area contributed by atoms with Crippen LogP contribution < -0.4 is 5.73 Å². The van der Waals surface area contributed by atoms with Crippen molar-refractivity contribution in [1.82, 2.24) is 9.21 Å². The van der Waals surface area contributed by atoms with Crippen molar-refractivity contribution in [1.29, 1.82) is 0 Å². The van der Waals surface area contributed by atoms with Gasteiger partial charge in [-0.2, -0.15) is 4.31 Å². The van der Waals surface area contributed by atoms with Crippen molar-refractivity contribution in [3.8, 4) is 0 Å². The molecule has 0 radical (unpaired) electrons. The number of nitrogen functional groups attached to an aromatic ring is 1. The number of rotatable bonds is 3. The fourth-order valence-corrected chi connectivity index (χ4v) is 4.37. The number of anilines is 1. The molecule has 1 aliphatic heterocycles. The maximum atomic E-state index is 12.7. The van der Waals surface area contributed by atoms with Crippen LogP contribution in [0.5, 0.6) is 0 Å². The van der Waals surface area contributed by atoms with Crippen LogP contribution in [0.4, 0.5) is 5.69 Å². The highest BCUT2D eigenvalue weighted by molar-refractivity contribution is 7.89. The van der Waals surface area contributed by atoms with Gasteiger partial charge in [0, 0.05) is 24.8 Å². The average molecular weight is 297 g/mol. The van der Waals surface area contributed by atoms with E-state index in [1.165, 1.54) is 0 Å². The van der Waals surface area contributed by atoms with Crippen molar-refractivity contribution in [2.24, 2.45) is 0 Å². The van der Waals surface area contributed by atoms with Gasteiger partial charge in [0.25, 0.3) is 0 Å². The van der Waals surface area contributed by atoms with Crippen LogP contribution in [0.3, 0.4) is 0 Å². The van der Waals surface area contributed by atoms with E-state index in [2.05, 4.69) is 4.90 Å². The van der Waals surface area contributed by atoms with Crippen molar-refractivity contribution >= 4 is 15.7 Å². The summed E-state index contributed by atoms with van der Waals surface area (Å²) in [5, 5.41) is 0. The van der Waals surface area contributed by atoms with Gasteiger partial charge in [0.1, 0.15) is 0 Å². The zero-order chi connectivity index (χ0) is 14.9. The molecule has 0 aliphatic carbocycles. The van der Waals surface area contributed by atoms with Crippen molar-refractivity contribution in [3.05, 3.63) is 23.8 Å². The molecule has 0 aromatic heterocycles. The molecule has 0 amide bonds. The predicted molar refractivity (Wildman–Crippen MR) is 81.1 cm³/mol. The standard InChI is InChI=1S/C14H23N3O2S/c1-11-13(15)5-4-6-14(11)20(18,19)17-9-7-12(8-10-17)16(2)3/h4-6,12H,7-10,15H2,1-3H3. The largest absolute Gasteiger partial charge is 0.398 e. The molecule has 1 fully saturated rings. The molecular weight excluding hydrogens is 274 g/mol. The van der Waals surface area contributed by atoms with Crippen LogP contribution in [0, 0.1) is 6.92 Å². The van der Waals surface area contributed by atoms with E-state index in [1.54, 1.807) is 29.4 Å². The molecule has 1 aliphatic rings. The molecule has 0 spiro atoms. The molecule has 0 saturated carbocycles. The zero-order valence-corrected chi connectivity index (χ0v) is 13.2. The summed E-state index contributed by atoms with van der Waals surface area (Å²) in [5.41, 5.74) is 6.98. The summed E-state index contributed by atoms with van der Waals surface area (Å²) in [6, 6.07) is 5.52. The first-order valence-electron chi connectivity index (χ1n) is 6.85. The summed E-state index contributed by atoms with van der Waals surface area (Å²) < 4.78 is 27.0. The van der Waals surface area contributed by atoms with Crippen LogP contribution in [0.15, 0.2) is 23.1 Å². The molecule has 1 aromatic rings. The molecule has 112 valence electrons. The molecule has 0 bridgehead atoms. The minimum Gasteiger partial charge on any atom is -0.398 e. The second-order valence-corrected chi connectivity index (χ2v) is 7.48. The van der Waals surface area contributed by atoms with E-state index in [1.807, 2.05) is 14.1 Å². The molecule has 2 N–H and O–H groups in total. The van der Waals surface area contributed by atoms with Crippen LogP contribution in [0.25, 0.3) is 0 Å². The van der Waals surface area contributed by atoms with Gasteiger partial charge in [-0.15, -0.1) is 0 Å². The number of nitrogens with two attached hydrogens (primary N) is 1. The van der Waals surface area contributed by atoms with Crippen molar-refractivity contribution < 1.29 is 8.42 Å². The lowest BCUT2D eigenvalue weighted by Crippen LogP contribution is -2.44. The molecule has 0 atom stereocenters. The third-order valence-electron chi connectivity index (χ3n) is 4.10. The quantitative estimate of drug-likeness (QED) is 0.854. The maximum Gasteiger partial charge on any atom is 0.243 e. The Morgan fingerprint density at radius 1 is 1.25 bits per heavy atom. The molecule has 1 saturated heterocycles. The van der Waals surface area contributed by atoms with Crippen molar-refractivity contribution in [2.75, 3.05) is 32.9 Å². The fraction of sp³-hybridized carbons (Fsp3) is 0.571. The average Bonchev–Trinajstić information content (AvgIpc) is 2.41. The van der Waals surface area contributed by atoms with Gasteiger partial charge in [-0.25, -0.2) is 8.42 Å². The second-order valence-electron chi connectivity index (χ2n) is 5.57. The SMILES string of the molecule is Cc1c(N)cccc1S(=O)(=O)N1CCC(N(C)C)CC1. The van der Waals surface area contributed by atoms with Crippen LogP contribution >= 0.6 is 0 Å².